The molecule has 1 aromatic carbocycles. The molecule has 1 aromatic rings. The largest absolute Gasteiger partial charge is 0.493 e. The van der Waals surface area contributed by atoms with Gasteiger partial charge in [0.2, 0.25) is 0 Å². The van der Waals surface area contributed by atoms with Gasteiger partial charge >= 0.3 is 0 Å². The topological polar surface area (TPSA) is 47.3 Å². The third-order valence-corrected chi connectivity index (χ3v) is 2.98. The van der Waals surface area contributed by atoms with Crippen molar-refractivity contribution in [2.24, 2.45) is 5.73 Å². The molecule has 2 rings (SSSR count). The summed E-state index contributed by atoms with van der Waals surface area (Å²) in [5.41, 5.74) is 6.77. The van der Waals surface area contributed by atoms with Crippen LogP contribution in [-0.2, 0) is 0 Å². The molecule has 1 aliphatic heterocycles. The second-order valence-electron chi connectivity index (χ2n) is 4.18. The fraction of sp³-hybridized carbons (Fsp3) is 0.538. The van der Waals surface area contributed by atoms with E-state index in [2.05, 4.69) is 17.4 Å². The van der Waals surface area contributed by atoms with E-state index in [1.54, 1.807) is 0 Å². The quantitative estimate of drug-likeness (QED) is 0.744. The highest BCUT2D eigenvalue weighted by Crippen LogP contribution is 2.31. The molecule has 3 nitrogen and oxygen atoms in total. The van der Waals surface area contributed by atoms with Crippen LogP contribution >= 0.6 is 0 Å². The minimum atomic E-state index is 0.447. The summed E-state index contributed by atoms with van der Waals surface area (Å²) < 4.78 is 5.62. The molecule has 3 heteroatoms. The number of nitrogens with one attached hydrogen (secondary N) is 1. The number of benzene rings is 1. The molecule has 1 aliphatic rings. The minimum absolute atomic E-state index is 0.447. The van der Waals surface area contributed by atoms with E-state index in [-0.39, 0.29) is 0 Å². The van der Waals surface area contributed by atoms with E-state index in [1.165, 1.54) is 5.56 Å². The van der Waals surface area contributed by atoms with Crippen LogP contribution in [0, 0.1) is 0 Å². The first-order valence-corrected chi connectivity index (χ1v) is 6.07. The van der Waals surface area contributed by atoms with Gasteiger partial charge in [-0.25, -0.2) is 0 Å². The van der Waals surface area contributed by atoms with Crippen LogP contribution < -0.4 is 15.8 Å². The zero-order valence-electron chi connectivity index (χ0n) is 9.61. The summed E-state index contributed by atoms with van der Waals surface area (Å²) in [6.07, 6.45) is 3.30. The van der Waals surface area contributed by atoms with Gasteiger partial charge in [0.15, 0.2) is 0 Å². The molecule has 0 fully saturated rings. The fourth-order valence-corrected chi connectivity index (χ4v) is 2.10. The Morgan fingerprint density at radius 2 is 2.19 bits per heavy atom. The Kier molecular flexibility index (Phi) is 4.19. The van der Waals surface area contributed by atoms with Gasteiger partial charge in [-0.15, -0.1) is 0 Å². The van der Waals surface area contributed by atoms with Gasteiger partial charge in [0.25, 0.3) is 0 Å². The van der Waals surface area contributed by atoms with E-state index >= 15 is 0 Å². The molecule has 0 saturated heterocycles. The Morgan fingerprint density at radius 3 is 3.06 bits per heavy atom. The molecule has 1 atom stereocenters. The molecule has 0 aliphatic carbocycles. The highest BCUT2D eigenvalue weighted by atomic mass is 16.5. The number of para-hydroxylation sites is 1. The lowest BCUT2D eigenvalue weighted by Gasteiger charge is -2.26. The van der Waals surface area contributed by atoms with Gasteiger partial charge < -0.3 is 15.8 Å². The van der Waals surface area contributed by atoms with Crippen LogP contribution in [0.25, 0.3) is 0 Å². The summed E-state index contributed by atoms with van der Waals surface area (Å²) in [4.78, 5) is 0. The average Bonchev–Trinajstić information content (AvgIpc) is 2.35. The smallest absolute Gasteiger partial charge is 0.124 e. The first-order chi connectivity index (χ1) is 7.92. The zero-order valence-corrected chi connectivity index (χ0v) is 9.61. The molecule has 1 heterocycles. The van der Waals surface area contributed by atoms with Crippen molar-refractivity contribution in [2.75, 3.05) is 19.7 Å². The first kappa shape index (κ1) is 11.4. The Balaban J connectivity index is 1.91. The fourth-order valence-electron chi connectivity index (χ4n) is 2.10. The molecular formula is C13H20N2O. The van der Waals surface area contributed by atoms with Crippen molar-refractivity contribution in [1.82, 2.24) is 5.32 Å². The van der Waals surface area contributed by atoms with Gasteiger partial charge in [0.1, 0.15) is 5.75 Å². The molecule has 0 radical (unpaired) electrons. The zero-order chi connectivity index (χ0) is 11.2. The molecule has 1 unspecified atom stereocenters. The van der Waals surface area contributed by atoms with Gasteiger partial charge in [-0.1, -0.05) is 18.2 Å². The van der Waals surface area contributed by atoms with Crippen LogP contribution in [0.1, 0.15) is 30.9 Å². The van der Waals surface area contributed by atoms with Crippen molar-refractivity contribution >= 4 is 0 Å². The van der Waals surface area contributed by atoms with E-state index in [0.717, 1.165) is 44.7 Å². The lowest BCUT2D eigenvalue weighted by atomic mass is 10.0. The summed E-state index contributed by atoms with van der Waals surface area (Å²) >= 11 is 0. The van der Waals surface area contributed by atoms with Gasteiger partial charge in [0, 0.05) is 18.0 Å². The maximum atomic E-state index is 5.62. The number of nitrogens with two attached hydrogens (primary N) is 1. The Morgan fingerprint density at radius 1 is 1.31 bits per heavy atom. The summed E-state index contributed by atoms with van der Waals surface area (Å²) in [7, 11) is 0. The van der Waals surface area contributed by atoms with Crippen molar-refractivity contribution in [3.05, 3.63) is 29.8 Å². The Bertz CT molecular complexity index is 327. The summed E-state index contributed by atoms with van der Waals surface area (Å²) in [5.74, 6) is 1.03. The number of hydrogen-bond acceptors (Lipinski definition) is 3. The van der Waals surface area contributed by atoms with Crippen molar-refractivity contribution in [1.29, 1.82) is 0 Å². The van der Waals surface area contributed by atoms with Gasteiger partial charge in [-0.3, -0.25) is 0 Å². The molecule has 16 heavy (non-hydrogen) atoms. The molecule has 0 spiro atoms. The van der Waals surface area contributed by atoms with Crippen LogP contribution in [-0.4, -0.2) is 19.7 Å². The van der Waals surface area contributed by atoms with Crippen LogP contribution in [0.3, 0.4) is 0 Å². The monoisotopic (exact) mass is 220 g/mol. The van der Waals surface area contributed by atoms with Crippen LogP contribution in [0.15, 0.2) is 24.3 Å². The number of rotatable bonds is 5. The molecule has 0 aromatic heterocycles. The third-order valence-electron chi connectivity index (χ3n) is 2.98. The number of unbranched alkanes of at least 4 members (excludes halogenated alkanes) is 1. The highest BCUT2D eigenvalue weighted by Gasteiger charge is 2.19. The van der Waals surface area contributed by atoms with Crippen molar-refractivity contribution in [3.63, 3.8) is 0 Å². The first-order valence-electron chi connectivity index (χ1n) is 6.07. The molecular weight excluding hydrogens is 200 g/mol. The molecule has 88 valence electrons. The maximum absolute atomic E-state index is 5.62. The maximum Gasteiger partial charge on any atom is 0.124 e. The molecule has 0 saturated carbocycles. The van der Waals surface area contributed by atoms with Gasteiger partial charge in [-0.2, -0.15) is 0 Å². The van der Waals surface area contributed by atoms with Gasteiger partial charge in [0.05, 0.1) is 6.61 Å². The van der Waals surface area contributed by atoms with Crippen LogP contribution in [0.4, 0.5) is 0 Å². The van der Waals surface area contributed by atoms with Crippen LogP contribution in [0.5, 0.6) is 5.75 Å². The summed E-state index contributed by atoms with van der Waals surface area (Å²) in [5, 5.41) is 3.58. The van der Waals surface area contributed by atoms with Crippen molar-refractivity contribution in [2.45, 2.75) is 25.3 Å². The van der Waals surface area contributed by atoms with E-state index in [0.29, 0.717) is 6.04 Å². The minimum Gasteiger partial charge on any atom is -0.493 e. The van der Waals surface area contributed by atoms with E-state index in [4.69, 9.17) is 10.5 Å². The second kappa shape index (κ2) is 5.87. The lowest BCUT2D eigenvalue weighted by Crippen LogP contribution is -2.28. The molecule has 0 bridgehead atoms. The predicted molar refractivity (Wildman–Crippen MR) is 65.6 cm³/mol. The highest BCUT2D eigenvalue weighted by molar-refractivity contribution is 5.37. The summed E-state index contributed by atoms with van der Waals surface area (Å²) in [6.45, 7) is 2.63. The number of fused-ring (bicyclic) bond motifs is 1. The predicted octanol–water partition coefficient (Wildman–Crippen LogP) is 1.84. The lowest BCUT2D eigenvalue weighted by molar-refractivity contribution is 0.252. The number of ether oxygens (including phenoxy) is 1. The average molecular weight is 220 g/mol. The normalized spacial score (nSPS) is 18.9. The van der Waals surface area contributed by atoms with Crippen molar-refractivity contribution in [3.8, 4) is 5.75 Å². The number of hydrogen-bond donors (Lipinski definition) is 2. The van der Waals surface area contributed by atoms with Crippen molar-refractivity contribution < 1.29 is 4.74 Å². The van der Waals surface area contributed by atoms with Crippen LogP contribution in [0.2, 0.25) is 0 Å². The standard InChI is InChI=1S/C13H20N2O/c14-8-3-4-9-15-12-7-10-16-13-6-2-1-5-11(12)13/h1-2,5-6,12,15H,3-4,7-10,14H2. The Labute approximate surface area is 97.0 Å². The van der Waals surface area contributed by atoms with E-state index in [1.807, 2.05) is 12.1 Å². The second-order valence-corrected chi connectivity index (χ2v) is 4.18. The van der Waals surface area contributed by atoms with Gasteiger partial charge in [-0.05, 0) is 32.0 Å². The molecule has 0 amide bonds. The third kappa shape index (κ3) is 2.74. The molecule has 3 N–H and O–H groups in total. The summed E-state index contributed by atoms with van der Waals surface area (Å²) in [6, 6.07) is 8.73. The SMILES string of the molecule is NCCCCNC1CCOc2ccccc21. The Hall–Kier alpha value is -1.06. The van der Waals surface area contributed by atoms with E-state index < -0.39 is 0 Å². The van der Waals surface area contributed by atoms with E-state index in [9.17, 15) is 0 Å².